The molecular formula is C16H20N2OS. The number of hydrogen-bond acceptors (Lipinski definition) is 4. The molecule has 3 rings (SSSR count). The third-order valence-electron chi connectivity index (χ3n) is 3.90. The van der Waals surface area contributed by atoms with Crippen molar-refractivity contribution in [1.82, 2.24) is 10.3 Å². The highest BCUT2D eigenvalue weighted by molar-refractivity contribution is 7.09. The lowest BCUT2D eigenvalue weighted by Crippen LogP contribution is -2.27. The molecule has 1 aromatic heterocycles. The minimum absolute atomic E-state index is 0.262. The third kappa shape index (κ3) is 2.72. The lowest BCUT2D eigenvalue weighted by Gasteiger charge is -2.28. The number of benzene rings is 1. The monoisotopic (exact) mass is 288 g/mol. The molecule has 0 saturated carbocycles. The molecule has 4 heteroatoms. The van der Waals surface area contributed by atoms with Crippen LogP contribution in [0, 0.1) is 6.92 Å². The molecule has 0 saturated heterocycles. The van der Waals surface area contributed by atoms with E-state index < -0.39 is 0 Å². The van der Waals surface area contributed by atoms with Gasteiger partial charge in [0, 0.05) is 17.1 Å². The summed E-state index contributed by atoms with van der Waals surface area (Å²) in [6, 6.07) is 6.37. The number of nitrogens with one attached hydrogen (secondary N) is 1. The number of hydrogen-bond donors (Lipinski definition) is 2. The number of aryl methyl sites for hydroxylation is 2. The van der Waals surface area contributed by atoms with Gasteiger partial charge in [-0.1, -0.05) is 6.07 Å². The van der Waals surface area contributed by atoms with Crippen LogP contribution < -0.4 is 5.32 Å². The first kappa shape index (κ1) is 13.6. The van der Waals surface area contributed by atoms with Crippen molar-refractivity contribution in [2.24, 2.45) is 0 Å². The fourth-order valence-electron chi connectivity index (χ4n) is 2.92. The summed E-state index contributed by atoms with van der Waals surface area (Å²) in [6.07, 6.45) is 3.37. The summed E-state index contributed by atoms with van der Waals surface area (Å²) in [5.74, 6) is 0.369. The van der Waals surface area contributed by atoms with Gasteiger partial charge in [-0.3, -0.25) is 0 Å². The van der Waals surface area contributed by atoms with E-state index in [2.05, 4.69) is 28.7 Å². The molecule has 1 aliphatic carbocycles. The zero-order valence-electron chi connectivity index (χ0n) is 11.9. The molecule has 2 N–H and O–H groups in total. The average Bonchev–Trinajstić information content (AvgIpc) is 2.85. The molecule has 2 atom stereocenters. The van der Waals surface area contributed by atoms with Gasteiger partial charge in [-0.05, 0) is 56.4 Å². The second-order valence-corrected chi connectivity index (χ2v) is 6.43. The fourth-order valence-corrected chi connectivity index (χ4v) is 3.73. The van der Waals surface area contributed by atoms with E-state index in [1.54, 1.807) is 17.4 Å². The maximum atomic E-state index is 9.61. The molecule has 20 heavy (non-hydrogen) atoms. The van der Waals surface area contributed by atoms with E-state index in [0.29, 0.717) is 11.8 Å². The number of nitrogens with zero attached hydrogens (tertiary/aromatic N) is 1. The van der Waals surface area contributed by atoms with Crippen molar-refractivity contribution in [1.29, 1.82) is 0 Å². The molecule has 1 aromatic carbocycles. The summed E-state index contributed by atoms with van der Waals surface area (Å²) in [7, 11) is 0. The van der Waals surface area contributed by atoms with E-state index in [1.807, 2.05) is 13.0 Å². The fraction of sp³-hybridized carbons (Fsp3) is 0.438. The lowest BCUT2D eigenvalue weighted by molar-refractivity contribution is 0.412. The Kier molecular flexibility index (Phi) is 3.76. The molecule has 0 spiro atoms. The topological polar surface area (TPSA) is 45.1 Å². The minimum atomic E-state index is 0.262. The first-order chi connectivity index (χ1) is 9.63. The van der Waals surface area contributed by atoms with Crippen LogP contribution in [0.1, 0.15) is 53.7 Å². The van der Waals surface area contributed by atoms with Gasteiger partial charge in [-0.25, -0.2) is 4.98 Å². The lowest BCUT2D eigenvalue weighted by atomic mass is 9.87. The van der Waals surface area contributed by atoms with Gasteiger partial charge in [0.25, 0.3) is 0 Å². The van der Waals surface area contributed by atoms with E-state index >= 15 is 0 Å². The summed E-state index contributed by atoms with van der Waals surface area (Å²) >= 11 is 1.72. The van der Waals surface area contributed by atoms with Crippen LogP contribution >= 0.6 is 11.3 Å². The number of fused-ring (bicyclic) bond motifs is 1. The Bertz CT molecular complexity index is 608. The molecule has 1 aliphatic rings. The van der Waals surface area contributed by atoms with Crippen molar-refractivity contribution in [2.75, 3.05) is 0 Å². The predicted molar refractivity (Wildman–Crippen MR) is 82.2 cm³/mol. The maximum Gasteiger partial charge on any atom is 0.115 e. The molecular weight excluding hydrogens is 268 g/mol. The number of aromatic nitrogens is 1. The van der Waals surface area contributed by atoms with Crippen LogP contribution in [0.15, 0.2) is 23.6 Å². The zero-order valence-corrected chi connectivity index (χ0v) is 12.7. The van der Waals surface area contributed by atoms with Crippen molar-refractivity contribution >= 4 is 11.3 Å². The van der Waals surface area contributed by atoms with Crippen molar-refractivity contribution in [3.63, 3.8) is 0 Å². The van der Waals surface area contributed by atoms with Gasteiger partial charge in [0.1, 0.15) is 10.8 Å². The summed E-state index contributed by atoms with van der Waals surface area (Å²) in [5, 5.41) is 16.5. The normalized spacial score (nSPS) is 19.6. The number of rotatable bonds is 3. The van der Waals surface area contributed by atoms with Crippen molar-refractivity contribution in [3.05, 3.63) is 45.4 Å². The van der Waals surface area contributed by atoms with Crippen molar-refractivity contribution < 1.29 is 5.11 Å². The second kappa shape index (κ2) is 5.54. The Morgan fingerprint density at radius 3 is 3.05 bits per heavy atom. The summed E-state index contributed by atoms with van der Waals surface area (Å²) in [5.41, 5.74) is 3.69. The molecule has 0 aliphatic heterocycles. The quantitative estimate of drug-likeness (QED) is 0.900. The highest BCUT2D eigenvalue weighted by Crippen LogP contribution is 2.33. The van der Waals surface area contributed by atoms with Gasteiger partial charge < -0.3 is 10.4 Å². The Hall–Kier alpha value is -1.39. The van der Waals surface area contributed by atoms with Crippen LogP contribution in [0.25, 0.3) is 0 Å². The van der Waals surface area contributed by atoms with Crippen molar-refractivity contribution in [3.8, 4) is 5.75 Å². The first-order valence-electron chi connectivity index (χ1n) is 7.13. The molecule has 2 unspecified atom stereocenters. The molecule has 0 fully saturated rings. The highest BCUT2D eigenvalue weighted by atomic mass is 32.1. The Morgan fingerprint density at radius 1 is 1.45 bits per heavy atom. The van der Waals surface area contributed by atoms with Gasteiger partial charge in [0.05, 0.1) is 6.04 Å². The second-order valence-electron chi connectivity index (χ2n) is 5.54. The Morgan fingerprint density at radius 2 is 2.30 bits per heavy atom. The van der Waals surface area contributed by atoms with E-state index in [-0.39, 0.29) is 6.04 Å². The van der Waals surface area contributed by atoms with Gasteiger partial charge in [0.2, 0.25) is 0 Å². The number of aromatic hydroxyl groups is 1. The maximum absolute atomic E-state index is 9.61. The SMILES string of the molecule is Cc1csc(C(C)NC2CCCc3cc(O)ccc32)n1. The van der Waals surface area contributed by atoms with Crippen LogP contribution in [0.2, 0.25) is 0 Å². The van der Waals surface area contributed by atoms with E-state index in [9.17, 15) is 5.11 Å². The number of phenolic OH excluding ortho intramolecular Hbond substituents is 1. The minimum Gasteiger partial charge on any atom is -0.508 e. The zero-order chi connectivity index (χ0) is 14.1. The molecule has 1 heterocycles. The third-order valence-corrected chi connectivity index (χ3v) is 5.04. The van der Waals surface area contributed by atoms with E-state index in [0.717, 1.165) is 30.0 Å². The van der Waals surface area contributed by atoms with Crippen LogP contribution in [0.4, 0.5) is 0 Å². The van der Waals surface area contributed by atoms with Crippen LogP contribution in [0.3, 0.4) is 0 Å². The summed E-state index contributed by atoms with van der Waals surface area (Å²) in [4.78, 5) is 4.56. The largest absolute Gasteiger partial charge is 0.508 e. The summed E-state index contributed by atoms with van der Waals surface area (Å²) < 4.78 is 0. The predicted octanol–water partition coefficient (Wildman–Crippen LogP) is 3.89. The molecule has 3 nitrogen and oxygen atoms in total. The van der Waals surface area contributed by atoms with Crippen LogP contribution in [0.5, 0.6) is 5.75 Å². The van der Waals surface area contributed by atoms with Gasteiger partial charge in [-0.15, -0.1) is 11.3 Å². The van der Waals surface area contributed by atoms with Gasteiger partial charge >= 0.3 is 0 Å². The van der Waals surface area contributed by atoms with Crippen LogP contribution in [-0.2, 0) is 6.42 Å². The van der Waals surface area contributed by atoms with Crippen LogP contribution in [-0.4, -0.2) is 10.1 Å². The molecule has 2 aromatic rings. The molecule has 0 bridgehead atoms. The molecule has 0 radical (unpaired) electrons. The van der Waals surface area contributed by atoms with E-state index in [1.165, 1.54) is 11.1 Å². The van der Waals surface area contributed by atoms with E-state index in [4.69, 9.17) is 0 Å². The number of thiazole rings is 1. The van der Waals surface area contributed by atoms with Gasteiger partial charge in [-0.2, -0.15) is 0 Å². The highest BCUT2D eigenvalue weighted by Gasteiger charge is 2.23. The smallest absolute Gasteiger partial charge is 0.115 e. The molecule has 106 valence electrons. The van der Waals surface area contributed by atoms with Gasteiger partial charge in [0.15, 0.2) is 0 Å². The Labute approximate surface area is 123 Å². The Balaban J connectivity index is 1.79. The van der Waals surface area contributed by atoms with Crippen molar-refractivity contribution in [2.45, 2.75) is 45.2 Å². The first-order valence-corrected chi connectivity index (χ1v) is 8.01. The standard InChI is InChI=1S/C16H20N2OS/c1-10-9-20-16(17-10)11(2)18-15-5-3-4-12-8-13(19)6-7-14(12)15/h6-9,11,15,18-19H,3-5H2,1-2H3. The molecule has 0 amide bonds. The summed E-state index contributed by atoms with van der Waals surface area (Å²) in [6.45, 7) is 4.21. The number of phenols is 1. The average molecular weight is 288 g/mol.